The number of hydrogen-bond acceptors (Lipinski definition) is 3. The maximum atomic E-state index is 11.5. The van der Waals surface area contributed by atoms with Gasteiger partial charge >= 0.3 is 6.03 Å². The van der Waals surface area contributed by atoms with Crippen LogP contribution in [0.2, 0.25) is 0 Å². The molecule has 24 heavy (non-hydrogen) atoms. The Labute approximate surface area is 145 Å². The van der Waals surface area contributed by atoms with E-state index < -0.39 is 0 Å². The van der Waals surface area contributed by atoms with Gasteiger partial charge < -0.3 is 21.3 Å². The van der Waals surface area contributed by atoms with E-state index >= 15 is 0 Å². The molecule has 0 unspecified atom stereocenters. The van der Waals surface area contributed by atoms with Crippen LogP contribution in [0.3, 0.4) is 0 Å². The fourth-order valence-corrected chi connectivity index (χ4v) is 2.20. The zero-order chi connectivity index (χ0) is 18.0. The first-order valence-electron chi connectivity index (χ1n) is 9.03. The van der Waals surface area contributed by atoms with Crippen molar-refractivity contribution >= 4 is 17.8 Å². The summed E-state index contributed by atoms with van der Waals surface area (Å²) in [5, 5.41) is 11.2. The van der Waals surface area contributed by atoms with Crippen LogP contribution in [0, 0.1) is 0 Å². The van der Waals surface area contributed by atoms with Crippen molar-refractivity contribution in [2.75, 3.05) is 26.2 Å². The second kappa shape index (κ2) is 16.1. The lowest BCUT2D eigenvalue weighted by Gasteiger charge is -2.08. The minimum Gasteiger partial charge on any atom is -0.356 e. The molecule has 0 aliphatic rings. The van der Waals surface area contributed by atoms with Gasteiger partial charge in [0, 0.05) is 40.0 Å². The lowest BCUT2D eigenvalue weighted by Crippen LogP contribution is -2.36. The van der Waals surface area contributed by atoms with Crippen molar-refractivity contribution in [1.29, 1.82) is 0 Å². The third kappa shape index (κ3) is 18.3. The van der Waals surface area contributed by atoms with Gasteiger partial charge in [0.25, 0.3) is 0 Å². The number of carbonyl (C=O) groups excluding carboxylic acids is 3. The molecule has 0 aliphatic heterocycles. The summed E-state index contributed by atoms with van der Waals surface area (Å²) in [7, 11) is 0. The van der Waals surface area contributed by atoms with Crippen LogP contribution < -0.4 is 21.3 Å². The summed E-state index contributed by atoms with van der Waals surface area (Å²) in [5.41, 5.74) is 0. The Morgan fingerprint density at radius 2 is 0.792 bits per heavy atom. The summed E-state index contributed by atoms with van der Waals surface area (Å²) in [6.45, 7) is 5.87. The van der Waals surface area contributed by atoms with E-state index in [0.717, 1.165) is 64.5 Å². The summed E-state index contributed by atoms with van der Waals surface area (Å²) in [5.74, 6) is 0.0298. The largest absolute Gasteiger partial charge is 0.356 e. The highest BCUT2D eigenvalue weighted by molar-refractivity contribution is 5.73. The number of rotatable bonds is 14. The number of amides is 4. The number of hydrogen-bond donors (Lipinski definition) is 4. The maximum absolute atomic E-state index is 11.5. The minimum atomic E-state index is -0.105. The third-order valence-electron chi connectivity index (χ3n) is 3.53. The fraction of sp³-hybridized carbons (Fsp3) is 0.824. The first-order valence-corrected chi connectivity index (χ1v) is 9.03. The van der Waals surface area contributed by atoms with Crippen molar-refractivity contribution in [1.82, 2.24) is 21.3 Å². The Bertz CT molecular complexity index is 330. The molecule has 0 bridgehead atoms. The quantitative estimate of drug-likeness (QED) is 0.361. The zero-order valence-electron chi connectivity index (χ0n) is 15.2. The molecule has 4 amide bonds. The van der Waals surface area contributed by atoms with Crippen LogP contribution in [0.15, 0.2) is 0 Å². The summed E-state index contributed by atoms with van der Waals surface area (Å²) >= 11 is 0. The molecule has 140 valence electrons. The summed E-state index contributed by atoms with van der Waals surface area (Å²) in [6.07, 6.45) is 8.08. The van der Waals surface area contributed by atoms with Gasteiger partial charge in [0.05, 0.1) is 0 Å². The molecule has 0 radical (unpaired) electrons. The molecule has 0 spiro atoms. The van der Waals surface area contributed by atoms with Gasteiger partial charge in [-0.2, -0.15) is 0 Å². The average Bonchev–Trinajstić information content (AvgIpc) is 2.51. The molecule has 0 atom stereocenters. The Hall–Kier alpha value is -1.79. The first-order chi connectivity index (χ1) is 11.5. The molecule has 0 saturated carbocycles. The van der Waals surface area contributed by atoms with E-state index in [2.05, 4.69) is 21.3 Å². The van der Waals surface area contributed by atoms with Gasteiger partial charge in [-0.3, -0.25) is 9.59 Å². The van der Waals surface area contributed by atoms with Crippen molar-refractivity contribution in [3.8, 4) is 0 Å². The lowest BCUT2D eigenvalue weighted by molar-refractivity contribution is -0.119. The maximum Gasteiger partial charge on any atom is 0.314 e. The van der Waals surface area contributed by atoms with Crippen LogP contribution in [0.4, 0.5) is 4.79 Å². The SMILES string of the molecule is CC(=O)NCCCCCCNC(=O)NCCCCCCNC(C)=O. The molecule has 4 N–H and O–H groups in total. The van der Waals surface area contributed by atoms with E-state index in [-0.39, 0.29) is 17.8 Å². The van der Waals surface area contributed by atoms with E-state index in [1.165, 1.54) is 13.8 Å². The van der Waals surface area contributed by atoms with E-state index in [1.807, 2.05) is 0 Å². The van der Waals surface area contributed by atoms with Crippen molar-refractivity contribution in [2.24, 2.45) is 0 Å². The molecule has 0 fully saturated rings. The molecule has 0 aromatic rings. The first kappa shape index (κ1) is 22.2. The predicted octanol–water partition coefficient (Wildman–Crippen LogP) is 1.68. The van der Waals surface area contributed by atoms with Crippen LogP contribution in [0.5, 0.6) is 0 Å². The predicted molar refractivity (Wildman–Crippen MR) is 95.7 cm³/mol. The molecule has 0 aromatic carbocycles. The number of carbonyl (C=O) groups is 3. The molecule has 7 nitrogen and oxygen atoms in total. The van der Waals surface area contributed by atoms with E-state index in [9.17, 15) is 14.4 Å². The topological polar surface area (TPSA) is 99.3 Å². The Kier molecular flexibility index (Phi) is 14.9. The van der Waals surface area contributed by atoms with Crippen molar-refractivity contribution in [2.45, 2.75) is 65.2 Å². The monoisotopic (exact) mass is 342 g/mol. The third-order valence-corrected chi connectivity index (χ3v) is 3.53. The normalized spacial score (nSPS) is 10.1. The van der Waals surface area contributed by atoms with Crippen LogP contribution in [-0.4, -0.2) is 44.0 Å². The lowest BCUT2D eigenvalue weighted by atomic mass is 10.2. The molecule has 0 aliphatic carbocycles. The number of urea groups is 1. The summed E-state index contributed by atoms with van der Waals surface area (Å²) < 4.78 is 0. The van der Waals surface area contributed by atoms with E-state index in [4.69, 9.17) is 0 Å². The Morgan fingerprint density at radius 3 is 1.08 bits per heavy atom. The fourth-order valence-electron chi connectivity index (χ4n) is 2.20. The van der Waals surface area contributed by atoms with Crippen molar-refractivity contribution in [3.05, 3.63) is 0 Å². The van der Waals surface area contributed by atoms with Crippen LogP contribution in [-0.2, 0) is 9.59 Å². The molecule has 0 heterocycles. The molecule has 0 aromatic heterocycles. The van der Waals surface area contributed by atoms with Crippen LogP contribution >= 0.6 is 0 Å². The van der Waals surface area contributed by atoms with E-state index in [0.29, 0.717) is 13.1 Å². The standard InChI is InChI=1S/C17H34N4O3/c1-15(22)18-11-7-3-5-9-13-20-17(24)21-14-10-6-4-8-12-19-16(2)23/h3-14H2,1-2H3,(H,18,22)(H,19,23)(H2,20,21,24). The van der Waals surface area contributed by atoms with Gasteiger partial charge in [0.15, 0.2) is 0 Å². The molecule has 7 heteroatoms. The van der Waals surface area contributed by atoms with Gasteiger partial charge in [-0.05, 0) is 25.7 Å². The molecular weight excluding hydrogens is 308 g/mol. The highest BCUT2D eigenvalue weighted by atomic mass is 16.2. The smallest absolute Gasteiger partial charge is 0.314 e. The van der Waals surface area contributed by atoms with Gasteiger partial charge in [-0.25, -0.2) is 4.79 Å². The van der Waals surface area contributed by atoms with Crippen molar-refractivity contribution in [3.63, 3.8) is 0 Å². The van der Waals surface area contributed by atoms with Gasteiger partial charge in [0.1, 0.15) is 0 Å². The second-order valence-corrected chi connectivity index (χ2v) is 5.98. The Morgan fingerprint density at radius 1 is 0.500 bits per heavy atom. The van der Waals surface area contributed by atoms with Gasteiger partial charge in [-0.15, -0.1) is 0 Å². The molecule has 0 rings (SSSR count). The summed E-state index contributed by atoms with van der Waals surface area (Å²) in [6, 6.07) is -0.105. The van der Waals surface area contributed by atoms with Crippen LogP contribution in [0.25, 0.3) is 0 Å². The summed E-state index contributed by atoms with van der Waals surface area (Å²) in [4.78, 5) is 32.9. The van der Waals surface area contributed by atoms with Crippen LogP contribution in [0.1, 0.15) is 65.2 Å². The highest BCUT2D eigenvalue weighted by Gasteiger charge is 1.99. The molecule has 0 saturated heterocycles. The average molecular weight is 342 g/mol. The highest BCUT2D eigenvalue weighted by Crippen LogP contribution is 1.98. The Balaban J connectivity index is 3.21. The van der Waals surface area contributed by atoms with E-state index in [1.54, 1.807) is 0 Å². The second-order valence-electron chi connectivity index (χ2n) is 5.98. The zero-order valence-corrected chi connectivity index (χ0v) is 15.2. The van der Waals surface area contributed by atoms with Gasteiger partial charge in [-0.1, -0.05) is 25.7 Å². The number of nitrogens with one attached hydrogen (secondary N) is 4. The number of unbranched alkanes of at least 4 members (excludes halogenated alkanes) is 6. The van der Waals surface area contributed by atoms with Gasteiger partial charge in [0.2, 0.25) is 11.8 Å². The molecular formula is C17H34N4O3. The van der Waals surface area contributed by atoms with Crippen molar-refractivity contribution < 1.29 is 14.4 Å². The minimum absolute atomic E-state index is 0.0149.